The molecule has 0 aliphatic heterocycles. The highest BCUT2D eigenvalue weighted by atomic mass is 32.2. The maximum Gasteiger partial charge on any atom is 0.199 e. The maximum absolute atomic E-state index is 11.8. The largest absolute Gasteiger partial charge is 0.352 e. The van der Waals surface area contributed by atoms with Crippen molar-refractivity contribution < 1.29 is 17.9 Å². The summed E-state index contributed by atoms with van der Waals surface area (Å²) >= 11 is 0. The van der Waals surface area contributed by atoms with E-state index in [9.17, 15) is 8.42 Å². The van der Waals surface area contributed by atoms with Crippen LogP contribution in [0.1, 0.15) is 0 Å². The van der Waals surface area contributed by atoms with Crippen LogP contribution in [0.5, 0.6) is 0 Å². The van der Waals surface area contributed by atoms with Crippen LogP contribution in [0.25, 0.3) is 0 Å². The van der Waals surface area contributed by atoms with Crippen LogP contribution in [0.2, 0.25) is 0 Å². The smallest absolute Gasteiger partial charge is 0.199 e. The highest BCUT2D eigenvalue weighted by molar-refractivity contribution is 7.94. The molecule has 0 amide bonds. The number of sulfone groups is 1. The minimum atomic E-state index is -3.42. The second-order valence-electron chi connectivity index (χ2n) is 3.03. The van der Waals surface area contributed by atoms with Crippen molar-refractivity contribution in [1.29, 1.82) is 0 Å². The maximum atomic E-state index is 11.8. The molecule has 0 saturated carbocycles. The van der Waals surface area contributed by atoms with Crippen molar-refractivity contribution in [3.8, 4) is 0 Å². The molecule has 0 bridgehead atoms. The van der Waals surface area contributed by atoms with Crippen molar-refractivity contribution in [3.63, 3.8) is 0 Å². The lowest BCUT2D eigenvalue weighted by Crippen LogP contribution is -2.09. The Bertz CT molecular complexity index is 432. The van der Waals surface area contributed by atoms with Crippen molar-refractivity contribution in [2.24, 2.45) is 0 Å². The van der Waals surface area contributed by atoms with E-state index in [0.717, 1.165) is 5.41 Å². The number of benzene rings is 1. The van der Waals surface area contributed by atoms with E-state index < -0.39 is 16.1 Å². The van der Waals surface area contributed by atoms with Gasteiger partial charge in [0.2, 0.25) is 0 Å². The molecular formula is C11H14O4S. The fourth-order valence-electron chi connectivity index (χ4n) is 1.11. The van der Waals surface area contributed by atoms with Gasteiger partial charge in [0.1, 0.15) is 0 Å². The summed E-state index contributed by atoms with van der Waals surface area (Å²) < 4.78 is 33.3. The lowest BCUT2D eigenvalue weighted by Gasteiger charge is -2.07. The van der Waals surface area contributed by atoms with Gasteiger partial charge in [0.05, 0.1) is 4.90 Å². The molecule has 0 aliphatic rings. The Morgan fingerprint density at radius 1 is 1.12 bits per heavy atom. The number of ether oxygens (including phenoxy) is 2. The third-order valence-corrected chi connectivity index (χ3v) is 3.40. The number of methoxy groups -OCH3 is 2. The summed E-state index contributed by atoms with van der Waals surface area (Å²) in [5, 5.41) is 1.08. The van der Waals surface area contributed by atoms with Crippen molar-refractivity contribution in [3.05, 3.63) is 41.8 Å². The molecule has 0 N–H and O–H groups in total. The number of hydrogen-bond donors (Lipinski definition) is 0. The summed E-state index contributed by atoms with van der Waals surface area (Å²) in [6.07, 6.45) is 0.695. The monoisotopic (exact) mass is 242 g/mol. The predicted molar refractivity (Wildman–Crippen MR) is 60.6 cm³/mol. The molecule has 0 radical (unpaired) electrons. The lowest BCUT2D eigenvalue weighted by molar-refractivity contribution is -0.0665. The van der Waals surface area contributed by atoms with Gasteiger partial charge >= 0.3 is 0 Å². The Morgan fingerprint density at radius 3 is 2.19 bits per heavy atom. The summed E-state index contributed by atoms with van der Waals surface area (Å²) in [5.74, 6) is 0. The molecule has 0 fully saturated rings. The molecule has 0 spiro atoms. The van der Waals surface area contributed by atoms with Crippen LogP contribution in [0.4, 0.5) is 0 Å². The molecule has 0 aromatic heterocycles. The van der Waals surface area contributed by atoms with Gasteiger partial charge in [-0.1, -0.05) is 18.2 Å². The predicted octanol–water partition coefficient (Wildman–Crippen LogP) is 1.59. The third kappa shape index (κ3) is 3.44. The number of rotatable bonds is 5. The molecular weight excluding hydrogens is 228 g/mol. The minimum absolute atomic E-state index is 0.247. The zero-order valence-electron chi connectivity index (χ0n) is 9.16. The van der Waals surface area contributed by atoms with Gasteiger partial charge in [0, 0.05) is 19.6 Å². The van der Waals surface area contributed by atoms with Crippen LogP contribution < -0.4 is 0 Å². The fraction of sp³-hybridized carbons (Fsp3) is 0.273. The quantitative estimate of drug-likeness (QED) is 0.736. The Labute approximate surface area is 95.4 Å². The Hall–Kier alpha value is -1.17. The van der Waals surface area contributed by atoms with E-state index in [1.807, 2.05) is 0 Å². The highest BCUT2D eigenvalue weighted by Gasteiger charge is 2.10. The van der Waals surface area contributed by atoms with E-state index >= 15 is 0 Å². The van der Waals surface area contributed by atoms with Gasteiger partial charge in [-0.25, -0.2) is 8.42 Å². The first-order chi connectivity index (χ1) is 7.60. The molecule has 0 atom stereocenters. The van der Waals surface area contributed by atoms with Crippen LogP contribution in [0.15, 0.2) is 46.7 Å². The van der Waals surface area contributed by atoms with Crippen LogP contribution >= 0.6 is 0 Å². The summed E-state index contributed by atoms with van der Waals surface area (Å²) in [6.45, 7) is 0. The van der Waals surface area contributed by atoms with Crippen LogP contribution in [0.3, 0.4) is 0 Å². The standard InChI is InChI=1S/C11H14O4S/c1-14-11(15-2)8-9-16(12,13)10-6-4-3-5-7-10/h3-9,11H,1-2H3/b9-8+. The Balaban J connectivity index is 2.89. The first kappa shape index (κ1) is 12.9. The van der Waals surface area contributed by atoms with E-state index in [-0.39, 0.29) is 4.90 Å². The average Bonchev–Trinajstić information content (AvgIpc) is 2.31. The lowest BCUT2D eigenvalue weighted by atomic mass is 10.4. The van der Waals surface area contributed by atoms with Crippen molar-refractivity contribution in [2.75, 3.05) is 14.2 Å². The molecule has 0 unspecified atom stereocenters. The second-order valence-corrected chi connectivity index (χ2v) is 4.86. The molecule has 4 nitrogen and oxygen atoms in total. The molecule has 0 saturated heterocycles. The molecule has 5 heteroatoms. The molecule has 0 aliphatic carbocycles. The molecule has 16 heavy (non-hydrogen) atoms. The molecule has 88 valence electrons. The summed E-state index contributed by atoms with van der Waals surface area (Å²) in [5.41, 5.74) is 0. The summed E-state index contributed by atoms with van der Waals surface area (Å²) in [7, 11) is -0.540. The highest BCUT2D eigenvalue weighted by Crippen LogP contribution is 2.11. The van der Waals surface area contributed by atoms with Crippen LogP contribution in [-0.2, 0) is 19.3 Å². The van der Waals surface area contributed by atoms with Gasteiger partial charge in [-0.15, -0.1) is 0 Å². The van der Waals surface area contributed by atoms with Gasteiger partial charge in [-0.3, -0.25) is 0 Å². The first-order valence-corrected chi connectivity index (χ1v) is 6.18. The third-order valence-electron chi connectivity index (χ3n) is 1.95. The van der Waals surface area contributed by atoms with Crippen molar-refractivity contribution in [2.45, 2.75) is 11.2 Å². The van der Waals surface area contributed by atoms with Gasteiger partial charge in [0.15, 0.2) is 16.1 Å². The second kappa shape index (κ2) is 5.79. The molecule has 1 rings (SSSR count). The van der Waals surface area contributed by atoms with E-state index in [0.29, 0.717) is 0 Å². The van der Waals surface area contributed by atoms with E-state index in [2.05, 4.69) is 0 Å². The van der Waals surface area contributed by atoms with Gasteiger partial charge < -0.3 is 9.47 Å². The normalized spacial score (nSPS) is 12.4. The van der Waals surface area contributed by atoms with Crippen LogP contribution in [-0.4, -0.2) is 28.9 Å². The minimum Gasteiger partial charge on any atom is -0.352 e. The van der Waals surface area contributed by atoms with Crippen molar-refractivity contribution >= 4 is 9.84 Å². The SMILES string of the molecule is COC(/C=C/S(=O)(=O)c1ccccc1)OC. The average molecular weight is 242 g/mol. The summed E-state index contributed by atoms with van der Waals surface area (Å²) in [6, 6.07) is 8.17. The van der Waals surface area contributed by atoms with E-state index in [4.69, 9.17) is 9.47 Å². The van der Waals surface area contributed by atoms with Gasteiger partial charge in [0.25, 0.3) is 0 Å². The van der Waals surface area contributed by atoms with E-state index in [1.54, 1.807) is 18.2 Å². The topological polar surface area (TPSA) is 52.6 Å². The molecule has 1 aromatic rings. The Morgan fingerprint density at radius 2 is 1.69 bits per heavy atom. The first-order valence-electron chi connectivity index (χ1n) is 4.64. The Kier molecular flexibility index (Phi) is 4.67. The molecule has 1 aromatic carbocycles. The summed E-state index contributed by atoms with van der Waals surface area (Å²) in [4.78, 5) is 0.247. The number of hydrogen-bond acceptors (Lipinski definition) is 4. The van der Waals surface area contributed by atoms with Crippen LogP contribution in [0, 0.1) is 0 Å². The zero-order chi connectivity index (χ0) is 12.0. The van der Waals surface area contributed by atoms with Gasteiger partial charge in [-0.2, -0.15) is 0 Å². The fourth-order valence-corrected chi connectivity index (χ4v) is 2.14. The molecule has 0 heterocycles. The zero-order valence-corrected chi connectivity index (χ0v) is 9.98. The van der Waals surface area contributed by atoms with E-state index in [1.165, 1.54) is 32.4 Å². The van der Waals surface area contributed by atoms with Crippen molar-refractivity contribution in [1.82, 2.24) is 0 Å². The van der Waals surface area contributed by atoms with Gasteiger partial charge in [-0.05, 0) is 18.2 Å².